The summed E-state index contributed by atoms with van der Waals surface area (Å²) in [6.45, 7) is 5.76. The lowest BCUT2D eigenvalue weighted by molar-refractivity contribution is 0.651. The van der Waals surface area contributed by atoms with Crippen LogP contribution in [0.1, 0.15) is 26.3 Å². The van der Waals surface area contributed by atoms with E-state index in [9.17, 15) is 4.21 Å². The van der Waals surface area contributed by atoms with Crippen LogP contribution in [0.25, 0.3) is 0 Å². The lowest BCUT2D eigenvalue weighted by Crippen LogP contribution is -2.19. The van der Waals surface area contributed by atoms with E-state index in [1.165, 1.54) is 5.56 Å². The number of hydrogen-bond acceptors (Lipinski definition) is 1. The molecule has 0 N–H and O–H groups in total. The molecule has 0 aliphatic rings. The first kappa shape index (κ1) is 12.1. The molecule has 15 heavy (non-hydrogen) atoms. The van der Waals surface area contributed by atoms with Crippen LogP contribution in [0.2, 0.25) is 0 Å². The molecular formula is C12H17NOS. The average molecular weight is 223 g/mol. The van der Waals surface area contributed by atoms with E-state index in [1.807, 2.05) is 51.1 Å². The van der Waals surface area contributed by atoms with Crippen LogP contribution in [-0.2, 0) is 17.4 Å². The zero-order valence-electron chi connectivity index (χ0n) is 9.43. The van der Waals surface area contributed by atoms with Crippen LogP contribution in [0.15, 0.2) is 34.7 Å². The maximum Gasteiger partial charge on any atom is 0.144 e. The molecule has 0 unspecified atom stereocenters. The summed E-state index contributed by atoms with van der Waals surface area (Å²) in [5, 5.41) is 0. The minimum atomic E-state index is -1.14. The maximum atomic E-state index is 11.6. The third-order valence-corrected chi connectivity index (χ3v) is 3.25. The van der Waals surface area contributed by atoms with Gasteiger partial charge in [0.05, 0.1) is 4.75 Å². The van der Waals surface area contributed by atoms with Gasteiger partial charge in [0.1, 0.15) is 11.0 Å². The van der Waals surface area contributed by atoms with E-state index in [2.05, 4.69) is 4.40 Å². The lowest BCUT2D eigenvalue weighted by Gasteiger charge is -2.12. The Balaban J connectivity index is 2.51. The number of rotatable bonds is 3. The molecule has 0 radical (unpaired) electrons. The van der Waals surface area contributed by atoms with E-state index in [0.29, 0.717) is 0 Å². The van der Waals surface area contributed by atoms with Gasteiger partial charge in [-0.3, -0.25) is 0 Å². The van der Waals surface area contributed by atoms with Crippen molar-refractivity contribution in [2.45, 2.75) is 31.9 Å². The summed E-state index contributed by atoms with van der Waals surface area (Å²) in [5.41, 5.74) is 1.19. The van der Waals surface area contributed by atoms with Crippen molar-refractivity contribution in [2.24, 2.45) is 4.40 Å². The van der Waals surface area contributed by atoms with Crippen molar-refractivity contribution in [3.05, 3.63) is 35.9 Å². The third kappa shape index (κ3) is 4.38. The molecule has 0 saturated carbocycles. The molecule has 0 aliphatic heterocycles. The van der Waals surface area contributed by atoms with Crippen LogP contribution in [0.5, 0.6) is 0 Å². The Bertz CT molecular complexity index is 352. The highest BCUT2D eigenvalue weighted by atomic mass is 32.2. The fourth-order valence-corrected chi connectivity index (χ4v) is 1.51. The van der Waals surface area contributed by atoms with E-state index < -0.39 is 11.0 Å². The largest absolute Gasteiger partial charge is 0.234 e. The molecule has 0 amide bonds. The summed E-state index contributed by atoms with van der Waals surface area (Å²) in [7, 11) is -1.14. The normalized spacial score (nSPS) is 14.3. The first-order chi connectivity index (χ1) is 7.00. The second-order valence-electron chi connectivity index (χ2n) is 4.34. The average Bonchev–Trinajstić information content (AvgIpc) is 2.18. The third-order valence-electron chi connectivity index (χ3n) is 1.86. The van der Waals surface area contributed by atoms with Crippen molar-refractivity contribution in [1.82, 2.24) is 0 Å². The molecule has 1 aromatic carbocycles. The van der Waals surface area contributed by atoms with Gasteiger partial charge in [0.15, 0.2) is 0 Å². The van der Waals surface area contributed by atoms with Gasteiger partial charge in [0.25, 0.3) is 0 Å². The van der Waals surface area contributed by atoms with Gasteiger partial charge in [0, 0.05) is 12.6 Å². The Labute approximate surface area is 94.0 Å². The van der Waals surface area contributed by atoms with Gasteiger partial charge in [-0.05, 0) is 26.3 Å². The summed E-state index contributed by atoms with van der Waals surface area (Å²) < 4.78 is 15.3. The van der Waals surface area contributed by atoms with Gasteiger partial charge in [-0.2, -0.15) is 4.40 Å². The second kappa shape index (κ2) is 5.21. The van der Waals surface area contributed by atoms with Crippen molar-refractivity contribution in [1.29, 1.82) is 0 Å². The summed E-state index contributed by atoms with van der Waals surface area (Å²) >= 11 is 0. The zero-order valence-corrected chi connectivity index (χ0v) is 10.3. The van der Waals surface area contributed by atoms with Crippen LogP contribution in [0.4, 0.5) is 0 Å². The molecule has 1 aromatic rings. The highest BCUT2D eigenvalue weighted by Gasteiger charge is 2.17. The maximum absolute atomic E-state index is 11.6. The monoisotopic (exact) mass is 223 g/mol. The Morgan fingerprint density at radius 1 is 1.27 bits per heavy atom. The first-order valence-corrected chi connectivity index (χ1v) is 6.09. The molecule has 3 heteroatoms. The predicted octanol–water partition coefficient (Wildman–Crippen LogP) is 2.76. The van der Waals surface area contributed by atoms with Gasteiger partial charge >= 0.3 is 0 Å². The van der Waals surface area contributed by atoms with Crippen LogP contribution in [-0.4, -0.2) is 15.2 Å². The van der Waals surface area contributed by atoms with Crippen molar-refractivity contribution >= 4 is 17.2 Å². The summed E-state index contributed by atoms with van der Waals surface area (Å²) in [4.78, 5) is 0. The van der Waals surface area contributed by atoms with Crippen molar-refractivity contribution in [3.63, 3.8) is 0 Å². The topological polar surface area (TPSA) is 29.4 Å². The minimum Gasteiger partial charge on any atom is -0.234 e. The van der Waals surface area contributed by atoms with Crippen LogP contribution < -0.4 is 0 Å². The van der Waals surface area contributed by atoms with Crippen molar-refractivity contribution in [2.75, 3.05) is 0 Å². The van der Waals surface area contributed by atoms with Crippen LogP contribution in [0, 0.1) is 0 Å². The molecule has 2 nitrogen and oxygen atoms in total. The summed E-state index contributed by atoms with van der Waals surface area (Å²) in [6.07, 6.45) is 2.47. The standard InChI is InChI=1S/C12H17NOS/c1-12(2,3)15(14)13-10-9-11-7-5-4-6-8-11/h4-8,10H,9H2,1-3H3/t15-/m1/s1. The smallest absolute Gasteiger partial charge is 0.144 e. The Hall–Kier alpha value is -0.960. The van der Waals surface area contributed by atoms with Crippen LogP contribution in [0.3, 0.4) is 0 Å². The summed E-state index contributed by atoms with van der Waals surface area (Å²) in [5.74, 6) is 0. The lowest BCUT2D eigenvalue weighted by atomic mass is 10.2. The Kier molecular flexibility index (Phi) is 4.21. The Morgan fingerprint density at radius 3 is 2.40 bits per heavy atom. The number of nitrogens with zero attached hydrogens (tertiary/aromatic N) is 1. The molecular weight excluding hydrogens is 206 g/mol. The van der Waals surface area contributed by atoms with E-state index in [1.54, 1.807) is 6.21 Å². The van der Waals surface area contributed by atoms with Gasteiger partial charge in [-0.15, -0.1) is 0 Å². The Morgan fingerprint density at radius 2 is 1.87 bits per heavy atom. The molecule has 1 rings (SSSR count). The van der Waals surface area contributed by atoms with Gasteiger partial charge < -0.3 is 0 Å². The van der Waals surface area contributed by atoms with E-state index >= 15 is 0 Å². The minimum absolute atomic E-state index is 0.271. The molecule has 0 heterocycles. The van der Waals surface area contributed by atoms with Gasteiger partial charge in [0.2, 0.25) is 0 Å². The van der Waals surface area contributed by atoms with Crippen LogP contribution >= 0.6 is 0 Å². The molecule has 0 spiro atoms. The second-order valence-corrected chi connectivity index (χ2v) is 6.27. The van der Waals surface area contributed by atoms with E-state index in [0.717, 1.165) is 6.42 Å². The molecule has 0 aliphatic carbocycles. The van der Waals surface area contributed by atoms with Crippen molar-refractivity contribution < 1.29 is 4.21 Å². The first-order valence-electron chi connectivity index (χ1n) is 4.98. The molecule has 0 aromatic heterocycles. The quantitative estimate of drug-likeness (QED) is 0.724. The van der Waals surface area contributed by atoms with E-state index in [4.69, 9.17) is 0 Å². The molecule has 1 atom stereocenters. The van der Waals surface area contributed by atoms with Gasteiger partial charge in [-0.25, -0.2) is 4.21 Å². The van der Waals surface area contributed by atoms with E-state index in [-0.39, 0.29) is 4.75 Å². The van der Waals surface area contributed by atoms with Crippen molar-refractivity contribution in [3.8, 4) is 0 Å². The number of benzene rings is 1. The number of hydrogen-bond donors (Lipinski definition) is 0. The summed E-state index contributed by atoms with van der Waals surface area (Å²) in [6, 6.07) is 10.0. The molecule has 0 bridgehead atoms. The zero-order chi connectivity index (χ0) is 11.3. The fraction of sp³-hybridized carbons (Fsp3) is 0.417. The molecule has 0 fully saturated rings. The highest BCUT2D eigenvalue weighted by molar-refractivity contribution is 7.85. The predicted molar refractivity (Wildman–Crippen MR) is 66.5 cm³/mol. The molecule has 0 saturated heterocycles. The highest BCUT2D eigenvalue weighted by Crippen LogP contribution is 2.11. The fourth-order valence-electron chi connectivity index (χ4n) is 0.983. The SMILES string of the molecule is CC(C)(C)[S@@](=O)N=CCc1ccccc1. The van der Waals surface area contributed by atoms with Gasteiger partial charge in [-0.1, -0.05) is 30.3 Å². The molecule has 82 valence electrons.